The summed E-state index contributed by atoms with van der Waals surface area (Å²) in [6, 6.07) is 12.5. The summed E-state index contributed by atoms with van der Waals surface area (Å²) in [6.45, 7) is 0. The number of carbonyl (C=O) groups excluding carboxylic acids is 1. The Labute approximate surface area is 145 Å². The van der Waals surface area contributed by atoms with Crippen molar-refractivity contribution < 1.29 is 18.0 Å². The molecular formula is C17H13F3INO. The second-order valence-electron chi connectivity index (χ2n) is 5.50. The zero-order valence-electron chi connectivity index (χ0n) is 12.2. The maximum absolute atomic E-state index is 13.1. The fourth-order valence-electron chi connectivity index (χ4n) is 3.07. The lowest BCUT2D eigenvalue weighted by Crippen LogP contribution is -2.41. The quantitative estimate of drug-likeness (QED) is 0.510. The van der Waals surface area contributed by atoms with Crippen LogP contribution in [0.25, 0.3) is 0 Å². The van der Waals surface area contributed by atoms with Gasteiger partial charge in [0.2, 0.25) is 5.91 Å². The second-order valence-corrected chi connectivity index (χ2v) is 6.26. The minimum absolute atomic E-state index is 0.201. The van der Waals surface area contributed by atoms with Crippen molar-refractivity contribution in [2.75, 3.05) is 16.4 Å². The molecule has 1 unspecified atom stereocenters. The molecule has 0 aromatic heterocycles. The molecular weight excluding hydrogens is 418 g/mol. The Balaban J connectivity index is 2.30. The summed E-state index contributed by atoms with van der Waals surface area (Å²) < 4.78 is 39.7. The second kappa shape index (κ2) is 5.51. The Kier molecular flexibility index (Phi) is 3.90. The van der Waals surface area contributed by atoms with Gasteiger partial charge < -0.3 is 4.90 Å². The molecule has 1 amide bonds. The van der Waals surface area contributed by atoms with Gasteiger partial charge in [-0.1, -0.05) is 52.9 Å². The van der Waals surface area contributed by atoms with Gasteiger partial charge in [-0.2, -0.15) is 13.2 Å². The van der Waals surface area contributed by atoms with Crippen molar-refractivity contribution in [1.82, 2.24) is 0 Å². The van der Waals surface area contributed by atoms with Crippen molar-refractivity contribution in [2.24, 2.45) is 0 Å². The van der Waals surface area contributed by atoms with E-state index in [-0.39, 0.29) is 5.91 Å². The van der Waals surface area contributed by atoms with E-state index in [0.717, 1.165) is 12.1 Å². The predicted molar refractivity (Wildman–Crippen MR) is 91.0 cm³/mol. The fourth-order valence-corrected chi connectivity index (χ4v) is 4.24. The van der Waals surface area contributed by atoms with Crippen molar-refractivity contribution >= 4 is 34.2 Å². The molecule has 23 heavy (non-hydrogen) atoms. The molecule has 0 spiro atoms. The van der Waals surface area contributed by atoms with Crippen molar-refractivity contribution in [1.29, 1.82) is 0 Å². The molecule has 3 rings (SSSR count). The average Bonchev–Trinajstić information content (AvgIpc) is 2.76. The van der Waals surface area contributed by atoms with Gasteiger partial charge >= 0.3 is 6.18 Å². The van der Waals surface area contributed by atoms with Gasteiger partial charge in [0, 0.05) is 17.2 Å². The number of rotatable bonds is 2. The van der Waals surface area contributed by atoms with E-state index in [1.54, 1.807) is 31.3 Å². The normalized spacial score (nSPS) is 20.7. The van der Waals surface area contributed by atoms with Gasteiger partial charge in [-0.15, -0.1) is 0 Å². The Hall–Kier alpha value is -1.57. The topological polar surface area (TPSA) is 20.3 Å². The van der Waals surface area contributed by atoms with E-state index in [1.165, 1.54) is 11.0 Å². The smallest absolute Gasteiger partial charge is 0.314 e. The van der Waals surface area contributed by atoms with Gasteiger partial charge in [0.1, 0.15) is 5.41 Å². The standard InChI is InChI=1S/C17H13F3INO/c1-22-14-8-7-12(17(18,19)20)9-13(14)16(10-21,15(22)23)11-5-3-2-4-6-11/h2-9H,10H2,1H3. The zero-order valence-corrected chi connectivity index (χ0v) is 14.4. The SMILES string of the molecule is CN1C(=O)C(CI)(c2ccccc2)c2cc(C(F)(F)F)ccc21. The lowest BCUT2D eigenvalue weighted by molar-refractivity contribution is -0.137. The predicted octanol–water partition coefficient (Wildman–Crippen LogP) is 4.40. The third kappa shape index (κ3) is 2.34. The van der Waals surface area contributed by atoms with Crippen LogP contribution in [0.3, 0.4) is 0 Å². The maximum Gasteiger partial charge on any atom is 0.416 e. The molecule has 0 saturated heterocycles. The Bertz CT molecular complexity index is 760. The highest BCUT2D eigenvalue weighted by molar-refractivity contribution is 14.1. The Morgan fingerprint density at radius 1 is 1.13 bits per heavy atom. The largest absolute Gasteiger partial charge is 0.416 e. The number of nitrogens with zero attached hydrogens (tertiary/aromatic N) is 1. The van der Waals surface area contributed by atoms with Gasteiger partial charge in [0.25, 0.3) is 0 Å². The minimum Gasteiger partial charge on any atom is -0.314 e. The van der Waals surface area contributed by atoms with Gasteiger partial charge in [-0.3, -0.25) is 4.79 Å². The molecule has 2 nitrogen and oxygen atoms in total. The van der Waals surface area contributed by atoms with E-state index in [2.05, 4.69) is 22.6 Å². The summed E-state index contributed by atoms with van der Waals surface area (Å²) in [5.74, 6) is -0.201. The average molecular weight is 431 g/mol. The summed E-state index contributed by atoms with van der Waals surface area (Å²) in [5.41, 5.74) is -0.148. The van der Waals surface area contributed by atoms with Crippen LogP contribution in [0, 0.1) is 0 Å². The van der Waals surface area contributed by atoms with Crippen molar-refractivity contribution in [3.63, 3.8) is 0 Å². The van der Waals surface area contributed by atoms with Crippen LogP contribution >= 0.6 is 22.6 Å². The number of carbonyl (C=O) groups is 1. The lowest BCUT2D eigenvalue weighted by atomic mass is 9.77. The molecule has 6 heteroatoms. The van der Waals surface area contributed by atoms with Crippen LogP contribution in [-0.4, -0.2) is 17.4 Å². The number of alkyl halides is 4. The van der Waals surface area contributed by atoms with Crippen LogP contribution < -0.4 is 4.90 Å². The molecule has 0 radical (unpaired) electrons. The van der Waals surface area contributed by atoms with Gasteiger partial charge in [-0.25, -0.2) is 0 Å². The third-order valence-corrected chi connectivity index (χ3v) is 5.43. The highest BCUT2D eigenvalue weighted by Crippen LogP contribution is 2.48. The van der Waals surface area contributed by atoms with Gasteiger partial charge in [-0.05, 0) is 29.3 Å². The summed E-state index contributed by atoms with van der Waals surface area (Å²) >= 11 is 2.07. The molecule has 1 aliphatic heterocycles. The van der Waals surface area contributed by atoms with Crippen molar-refractivity contribution in [3.05, 3.63) is 65.2 Å². The number of likely N-dealkylation sites (N-methyl/N-ethyl adjacent to an activating group) is 1. The third-order valence-electron chi connectivity index (χ3n) is 4.28. The minimum atomic E-state index is -4.44. The van der Waals surface area contributed by atoms with Crippen LogP contribution in [0.15, 0.2) is 48.5 Å². The first-order valence-electron chi connectivity index (χ1n) is 6.94. The number of benzene rings is 2. The Morgan fingerprint density at radius 2 is 1.78 bits per heavy atom. The van der Waals surface area contributed by atoms with E-state index in [4.69, 9.17) is 0 Å². The molecule has 0 saturated carbocycles. The molecule has 120 valence electrons. The molecule has 2 aromatic rings. The van der Waals surface area contributed by atoms with Crippen LogP contribution in [0.5, 0.6) is 0 Å². The maximum atomic E-state index is 13.1. The molecule has 1 heterocycles. The van der Waals surface area contributed by atoms with Crippen LogP contribution in [-0.2, 0) is 16.4 Å². The number of halogens is 4. The van der Waals surface area contributed by atoms with E-state index < -0.39 is 17.2 Å². The number of hydrogen-bond donors (Lipinski definition) is 0. The number of hydrogen-bond acceptors (Lipinski definition) is 1. The van der Waals surface area contributed by atoms with E-state index in [9.17, 15) is 18.0 Å². The summed E-state index contributed by atoms with van der Waals surface area (Å²) in [4.78, 5) is 14.4. The highest BCUT2D eigenvalue weighted by atomic mass is 127. The number of amides is 1. The van der Waals surface area contributed by atoms with Crippen molar-refractivity contribution in [2.45, 2.75) is 11.6 Å². The van der Waals surface area contributed by atoms with E-state index in [1.807, 2.05) is 6.07 Å². The summed E-state index contributed by atoms with van der Waals surface area (Å²) in [6.07, 6.45) is -4.44. The fraction of sp³-hybridized carbons (Fsp3) is 0.235. The van der Waals surface area contributed by atoms with Gasteiger partial charge in [0.05, 0.1) is 5.56 Å². The molecule has 1 aliphatic rings. The summed E-state index contributed by atoms with van der Waals surface area (Å²) in [5, 5.41) is 0. The summed E-state index contributed by atoms with van der Waals surface area (Å²) in [7, 11) is 1.60. The zero-order chi connectivity index (χ0) is 16.8. The first kappa shape index (κ1) is 16.3. The monoisotopic (exact) mass is 431 g/mol. The van der Waals surface area contributed by atoms with Crippen LogP contribution in [0.2, 0.25) is 0 Å². The van der Waals surface area contributed by atoms with Crippen LogP contribution in [0.1, 0.15) is 16.7 Å². The number of anilines is 1. The molecule has 1 atom stereocenters. The molecule has 2 aromatic carbocycles. The van der Waals surface area contributed by atoms with E-state index >= 15 is 0 Å². The molecule has 0 N–H and O–H groups in total. The highest BCUT2D eigenvalue weighted by Gasteiger charge is 2.51. The molecule has 0 fully saturated rings. The first-order chi connectivity index (χ1) is 10.8. The lowest BCUT2D eigenvalue weighted by Gasteiger charge is -2.27. The van der Waals surface area contributed by atoms with E-state index in [0.29, 0.717) is 21.2 Å². The van der Waals surface area contributed by atoms with Gasteiger partial charge in [0.15, 0.2) is 0 Å². The first-order valence-corrected chi connectivity index (χ1v) is 8.46. The van der Waals surface area contributed by atoms with Crippen LogP contribution in [0.4, 0.5) is 18.9 Å². The molecule has 0 aliphatic carbocycles. The number of fused-ring (bicyclic) bond motifs is 1. The molecule has 0 bridgehead atoms. The van der Waals surface area contributed by atoms with Crippen molar-refractivity contribution in [3.8, 4) is 0 Å². The Morgan fingerprint density at radius 3 is 2.35 bits per heavy atom.